The van der Waals surface area contributed by atoms with Gasteiger partial charge in [-0.15, -0.1) is 0 Å². The minimum Gasteiger partial charge on any atom is -0.225 e. The van der Waals surface area contributed by atoms with Crippen molar-refractivity contribution >= 4 is 26.0 Å². The third kappa shape index (κ3) is 4.23. The van der Waals surface area contributed by atoms with Gasteiger partial charge in [-0.3, -0.25) is 0 Å². The van der Waals surface area contributed by atoms with Crippen LogP contribution in [0, 0.1) is 0 Å². The molecule has 3 nitrogen and oxygen atoms in total. The summed E-state index contributed by atoms with van der Waals surface area (Å²) < 4.78 is 22.1. The van der Waals surface area contributed by atoms with Gasteiger partial charge >= 0.3 is 0 Å². The fourth-order valence-electron chi connectivity index (χ4n) is 1.49. The molecule has 0 aromatic heterocycles. The van der Waals surface area contributed by atoms with Crippen LogP contribution in [0.3, 0.4) is 0 Å². The Kier molecular flexibility index (Phi) is 4.95. The second-order valence-corrected chi connectivity index (χ2v) is 6.64. The molecule has 0 radical (unpaired) electrons. The molecule has 0 saturated carbocycles. The molecule has 1 aromatic rings. The number of nitrogens with two attached hydrogens (primary N) is 1. The SMILES string of the molecule is CCCC(Br)Cc1ccc(S(N)(=O)=O)cc1. The van der Waals surface area contributed by atoms with Crippen molar-refractivity contribution in [1.82, 2.24) is 0 Å². The summed E-state index contributed by atoms with van der Waals surface area (Å²) in [5.41, 5.74) is 1.11. The van der Waals surface area contributed by atoms with Crippen LogP contribution < -0.4 is 5.14 Å². The first kappa shape index (κ1) is 13.7. The molecular weight excluding hydrogens is 290 g/mol. The summed E-state index contributed by atoms with van der Waals surface area (Å²) >= 11 is 3.59. The first-order valence-corrected chi connectivity index (χ1v) is 7.65. The van der Waals surface area contributed by atoms with E-state index in [1.54, 1.807) is 12.1 Å². The quantitative estimate of drug-likeness (QED) is 0.849. The lowest BCUT2D eigenvalue weighted by Gasteiger charge is -2.08. The second-order valence-electron chi connectivity index (χ2n) is 3.78. The molecule has 0 heterocycles. The molecule has 2 N–H and O–H groups in total. The molecule has 0 aliphatic rings. The monoisotopic (exact) mass is 305 g/mol. The molecule has 1 rings (SSSR count). The summed E-state index contributed by atoms with van der Waals surface area (Å²) in [6.07, 6.45) is 3.14. The fourth-order valence-corrected chi connectivity index (χ4v) is 2.83. The number of sulfonamides is 1. The van der Waals surface area contributed by atoms with Gasteiger partial charge in [0, 0.05) is 4.83 Å². The predicted octanol–water partition coefficient (Wildman–Crippen LogP) is 2.44. The minimum atomic E-state index is -3.57. The van der Waals surface area contributed by atoms with Gasteiger partial charge in [-0.25, -0.2) is 13.6 Å². The van der Waals surface area contributed by atoms with E-state index in [1.807, 2.05) is 12.1 Å². The zero-order chi connectivity index (χ0) is 12.2. The molecule has 90 valence electrons. The Morgan fingerprint density at radius 1 is 1.31 bits per heavy atom. The van der Waals surface area contributed by atoms with E-state index < -0.39 is 10.0 Å². The standard InChI is InChI=1S/C11H16BrNO2S/c1-2-3-10(12)8-9-4-6-11(7-5-9)16(13,14)15/h4-7,10H,2-3,8H2,1H3,(H2,13,14,15). The van der Waals surface area contributed by atoms with Crippen molar-refractivity contribution < 1.29 is 8.42 Å². The van der Waals surface area contributed by atoms with Crippen LogP contribution in [0.2, 0.25) is 0 Å². The summed E-state index contributed by atoms with van der Waals surface area (Å²) in [7, 11) is -3.57. The molecule has 0 aliphatic carbocycles. The van der Waals surface area contributed by atoms with Crippen LogP contribution in [-0.2, 0) is 16.4 Å². The zero-order valence-corrected chi connectivity index (χ0v) is 11.6. The lowest BCUT2D eigenvalue weighted by Crippen LogP contribution is -2.12. The molecule has 1 unspecified atom stereocenters. The molecule has 1 aromatic carbocycles. The first-order valence-electron chi connectivity index (χ1n) is 5.19. The Balaban J connectivity index is 2.72. The van der Waals surface area contributed by atoms with E-state index >= 15 is 0 Å². The number of rotatable bonds is 5. The maximum absolute atomic E-state index is 11.0. The van der Waals surface area contributed by atoms with Gasteiger partial charge in [0.25, 0.3) is 0 Å². The van der Waals surface area contributed by atoms with Gasteiger partial charge in [0.15, 0.2) is 0 Å². The maximum Gasteiger partial charge on any atom is 0.238 e. The van der Waals surface area contributed by atoms with Gasteiger partial charge in [0.05, 0.1) is 4.90 Å². The van der Waals surface area contributed by atoms with Crippen molar-refractivity contribution in [3.8, 4) is 0 Å². The molecule has 0 spiro atoms. The van der Waals surface area contributed by atoms with E-state index in [-0.39, 0.29) is 4.90 Å². The lowest BCUT2D eigenvalue weighted by atomic mass is 10.1. The van der Waals surface area contributed by atoms with E-state index in [9.17, 15) is 8.42 Å². The van der Waals surface area contributed by atoms with Crippen LogP contribution in [0.4, 0.5) is 0 Å². The Bertz CT molecular complexity index is 428. The fraction of sp³-hybridized carbons (Fsp3) is 0.455. The van der Waals surface area contributed by atoms with Crippen LogP contribution in [0.1, 0.15) is 25.3 Å². The average molecular weight is 306 g/mol. The van der Waals surface area contributed by atoms with Crippen molar-refractivity contribution in [2.45, 2.75) is 35.9 Å². The van der Waals surface area contributed by atoms with E-state index in [0.717, 1.165) is 24.8 Å². The van der Waals surface area contributed by atoms with Gasteiger partial charge in [0.1, 0.15) is 0 Å². The van der Waals surface area contributed by atoms with Crippen LogP contribution >= 0.6 is 15.9 Å². The van der Waals surface area contributed by atoms with Crippen molar-refractivity contribution in [3.63, 3.8) is 0 Å². The Labute approximate surface area is 105 Å². The Hall–Kier alpha value is -0.390. The summed E-state index contributed by atoms with van der Waals surface area (Å²) in [5, 5.41) is 5.02. The average Bonchev–Trinajstić information content (AvgIpc) is 2.17. The molecule has 0 saturated heterocycles. The molecule has 16 heavy (non-hydrogen) atoms. The smallest absolute Gasteiger partial charge is 0.225 e. The third-order valence-electron chi connectivity index (χ3n) is 2.31. The van der Waals surface area contributed by atoms with Gasteiger partial charge in [-0.2, -0.15) is 0 Å². The van der Waals surface area contributed by atoms with Crippen LogP contribution in [0.5, 0.6) is 0 Å². The summed E-state index contributed by atoms with van der Waals surface area (Å²) in [4.78, 5) is 0.607. The molecule has 0 fully saturated rings. The van der Waals surface area contributed by atoms with Gasteiger partial charge in [-0.05, 0) is 30.5 Å². The normalized spacial score (nSPS) is 13.7. The highest BCUT2D eigenvalue weighted by Crippen LogP contribution is 2.16. The number of primary sulfonamides is 1. The van der Waals surface area contributed by atoms with E-state index in [0.29, 0.717) is 4.83 Å². The van der Waals surface area contributed by atoms with Crippen molar-refractivity contribution in [1.29, 1.82) is 0 Å². The van der Waals surface area contributed by atoms with Gasteiger partial charge in [0.2, 0.25) is 10.0 Å². The molecular formula is C11H16BrNO2S. The minimum absolute atomic E-state index is 0.165. The molecule has 5 heteroatoms. The van der Waals surface area contributed by atoms with E-state index in [2.05, 4.69) is 22.9 Å². The topological polar surface area (TPSA) is 60.2 Å². The molecule has 1 atom stereocenters. The Morgan fingerprint density at radius 2 is 1.88 bits per heavy atom. The first-order chi connectivity index (χ1) is 7.43. The summed E-state index contributed by atoms with van der Waals surface area (Å²) in [6, 6.07) is 6.72. The second kappa shape index (κ2) is 5.80. The van der Waals surface area contributed by atoms with E-state index in [1.165, 1.54) is 0 Å². The van der Waals surface area contributed by atoms with E-state index in [4.69, 9.17) is 5.14 Å². The van der Waals surface area contributed by atoms with Crippen molar-refractivity contribution in [2.75, 3.05) is 0 Å². The van der Waals surface area contributed by atoms with Crippen LogP contribution in [-0.4, -0.2) is 13.2 Å². The van der Waals surface area contributed by atoms with Gasteiger partial charge in [-0.1, -0.05) is 41.4 Å². The third-order valence-corrected chi connectivity index (χ3v) is 4.02. The zero-order valence-electron chi connectivity index (χ0n) is 9.19. The van der Waals surface area contributed by atoms with Crippen molar-refractivity contribution in [2.24, 2.45) is 5.14 Å². The van der Waals surface area contributed by atoms with Crippen molar-refractivity contribution in [3.05, 3.63) is 29.8 Å². The molecule has 0 aliphatic heterocycles. The molecule has 0 bridgehead atoms. The number of hydrogen-bond donors (Lipinski definition) is 1. The predicted molar refractivity (Wildman–Crippen MR) is 69.1 cm³/mol. The highest BCUT2D eigenvalue weighted by atomic mass is 79.9. The summed E-state index contributed by atoms with van der Waals surface area (Å²) in [6.45, 7) is 2.14. The number of benzene rings is 1. The highest BCUT2D eigenvalue weighted by Gasteiger charge is 2.08. The maximum atomic E-state index is 11.0. The lowest BCUT2D eigenvalue weighted by molar-refractivity contribution is 0.598. The summed E-state index contributed by atoms with van der Waals surface area (Å²) in [5.74, 6) is 0. The largest absolute Gasteiger partial charge is 0.238 e. The number of halogens is 1. The van der Waals surface area contributed by atoms with Gasteiger partial charge < -0.3 is 0 Å². The van der Waals surface area contributed by atoms with Crippen LogP contribution in [0.15, 0.2) is 29.2 Å². The van der Waals surface area contributed by atoms with Crippen LogP contribution in [0.25, 0.3) is 0 Å². The molecule has 0 amide bonds. The number of hydrogen-bond acceptors (Lipinski definition) is 2. The highest BCUT2D eigenvalue weighted by molar-refractivity contribution is 9.09. The number of alkyl halides is 1. The Morgan fingerprint density at radius 3 is 2.31 bits per heavy atom.